The van der Waals surface area contributed by atoms with Crippen LogP contribution in [-0.2, 0) is 6.18 Å². The average molecular weight is 409 g/mol. The van der Waals surface area contributed by atoms with E-state index in [0.717, 1.165) is 24.0 Å². The molecule has 0 aliphatic carbocycles. The van der Waals surface area contributed by atoms with Gasteiger partial charge in [-0.15, -0.1) is 0 Å². The van der Waals surface area contributed by atoms with Gasteiger partial charge >= 0.3 is 6.18 Å². The van der Waals surface area contributed by atoms with Crippen molar-refractivity contribution in [1.82, 2.24) is 4.98 Å². The molecule has 0 atom stereocenters. The first kappa shape index (κ1) is 19.3. The van der Waals surface area contributed by atoms with Gasteiger partial charge in [-0.3, -0.25) is 4.79 Å². The van der Waals surface area contributed by atoms with Crippen LogP contribution in [0.5, 0.6) is 0 Å². The van der Waals surface area contributed by atoms with Crippen LogP contribution in [0.1, 0.15) is 15.9 Å². The number of aromatic nitrogens is 1. The van der Waals surface area contributed by atoms with Gasteiger partial charge in [0.05, 0.1) is 11.1 Å². The number of halogens is 4. The molecule has 0 unspecified atom stereocenters. The number of nitrogens with zero attached hydrogens (tertiary/aromatic N) is 1. The molecule has 0 saturated carbocycles. The van der Waals surface area contributed by atoms with E-state index in [2.05, 4.69) is 10.3 Å². The zero-order valence-electron chi connectivity index (χ0n) is 13.6. The van der Waals surface area contributed by atoms with E-state index < -0.39 is 23.2 Å². The minimum atomic E-state index is -4.69. The van der Waals surface area contributed by atoms with Crippen LogP contribution in [-0.4, -0.2) is 10.9 Å². The highest BCUT2D eigenvalue weighted by molar-refractivity contribution is 7.99. The van der Waals surface area contributed by atoms with Crippen molar-refractivity contribution in [2.24, 2.45) is 0 Å². The molecule has 0 fully saturated rings. The first-order valence-electron chi connectivity index (χ1n) is 7.70. The van der Waals surface area contributed by atoms with Crippen LogP contribution in [0.4, 0.5) is 18.9 Å². The van der Waals surface area contributed by atoms with Crippen LogP contribution < -0.4 is 5.32 Å². The molecule has 0 radical (unpaired) electrons. The molecule has 8 heteroatoms. The molecule has 0 bridgehead atoms. The Balaban J connectivity index is 2.01. The second kappa shape index (κ2) is 8.02. The number of alkyl halides is 3. The van der Waals surface area contributed by atoms with Crippen molar-refractivity contribution in [3.8, 4) is 0 Å². The average Bonchev–Trinajstić information content (AvgIpc) is 2.63. The van der Waals surface area contributed by atoms with E-state index >= 15 is 0 Å². The number of nitrogens with one attached hydrogen (secondary N) is 1. The van der Waals surface area contributed by atoms with E-state index in [-0.39, 0.29) is 5.03 Å². The van der Waals surface area contributed by atoms with Crippen molar-refractivity contribution in [2.75, 3.05) is 5.32 Å². The molecule has 0 saturated heterocycles. The van der Waals surface area contributed by atoms with Crippen LogP contribution in [0.15, 0.2) is 76.8 Å². The predicted octanol–water partition coefficient (Wildman–Crippen LogP) is 6.16. The zero-order valence-corrected chi connectivity index (χ0v) is 15.2. The number of anilines is 1. The molecular formula is C19H12ClF3N2OS. The standard InChI is InChI=1S/C19H12ClF3N2OS/c20-12-6-8-13(9-7-12)25-17(26)16-15(19(21,22)23)10-11-24-18(16)27-14-4-2-1-3-5-14/h1-11H,(H,25,26). The Labute approximate surface area is 162 Å². The summed E-state index contributed by atoms with van der Waals surface area (Å²) in [4.78, 5) is 17.4. The molecule has 138 valence electrons. The number of hydrogen-bond donors (Lipinski definition) is 1. The summed E-state index contributed by atoms with van der Waals surface area (Å²) in [5.74, 6) is -0.892. The molecule has 27 heavy (non-hydrogen) atoms. The van der Waals surface area contributed by atoms with Gasteiger partial charge in [0.2, 0.25) is 0 Å². The van der Waals surface area contributed by atoms with E-state index in [1.54, 1.807) is 30.3 Å². The number of amides is 1. The molecule has 0 aliphatic heterocycles. The number of rotatable bonds is 4. The summed E-state index contributed by atoms with van der Waals surface area (Å²) in [6, 6.07) is 15.6. The fourth-order valence-electron chi connectivity index (χ4n) is 2.30. The lowest BCUT2D eigenvalue weighted by Crippen LogP contribution is -2.20. The second-order valence-corrected chi connectivity index (χ2v) is 6.91. The van der Waals surface area contributed by atoms with Crippen molar-refractivity contribution >= 4 is 35.0 Å². The first-order chi connectivity index (χ1) is 12.8. The summed E-state index contributed by atoms with van der Waals surface area (Å²) in [6.07, 6.45) is -3.64. The number of carbonyl (C=O) groups excluding carboxylic acids is 1. The van der Waals surface area contributed by atoms with Crippen molar-refractivity contribution < 1.29 is 18.0 Å². The Morgan fingerprint density at radius 3 is 2.30 bits per heavy atom. The van der Waals surface area contributed by atoms with Crippen LogP contribution in [0.2, 0.25) is 5.02 Å². The highest BCUT2D eigenvalue weighted by Gasteiger charge is 2.37. The predicted molar refractivity (Wildman–Crippen MR) is 99.2 cm³/mol. The molecule has 1 N–H and O–H groups in total. The van der Waals surface area contributed by atoms with E-state index in [9.17, 15) is 18.0 Å². The fraction of sp³-hybridized carbons (Fsp3) is 0.0526. The number of hydrogen-bond acceptors (Lipinski definition) is 3. The Kier molecular flexibility index (Phi) is 5.72. The smallest absolute Gasteiger partial charge is 0.322 e. The third kappa shape index (κ3) is 4.81. The largest absolute Gasteiger partial charge is 0.417 e. The van der Waals surface area contributed by atoms with E-state index in [1.807, 2.05) is 0 Å². The zero-order chi connectivity index (χ0) is 19.4. The molecule has 1 heterocycles. The van der Waals surface area contributed by atoms with Crippen molar-refractivity contribution in [3.63, 3.8) is 0 Å². The van der Waals surface area contributed by atoms with Gasteiger partial charge in [-0.25, -0.2) is 4.98 Å². The Bertz CT molecular complexity index is 947. The number of pyridine rings is 1. The monoisotopic (exact) mass is 408 g/mol. The molecule has 2 aromatic carbocycles. The molecule has 3 nitrogen and oxygen atoms in total. The molecule has 1 aromatic heterocycles. The summed E-state index contributed by atoms with van der Waals surface area (Å²) >= 11 is 6.78. The lowest BCUT2D eigenvalue weighted by molar-refractivity contribution is -0.138. The fourth-order valence-corrected chi connectivity index (χ4v) is 3.36. The highest BCUT2D eigenvalue weighted by Crippen LogP contribution is 2.37. The van der Waals surface area contributed by atoms with Gasteiger partial charge in [0.25, 0.3) is 5.91 Å². The molecule has 0 aliphatic rings. The topological polar surface area (TPSA) is 42.0 Å². The van der Waals surface area contributed by atoms with E-state index in [0.29, 0.717) is 15.6 Å². The van der Waals surface area contributed by atoms with Crippen molar-refractivity contribution in [1.29, 1.82) is 0 Å². The van der Waals surface area contributed by atoms with Gasteiger partial charge in [0.1, 0.15) is 5.03 Å². The Morgan fingerprint density at radius 1 is 1.00 bits per heavy atom. The summed E-state index contributed by atoms with van der Waals surface area (Å²) in [6.45, 7) is 0. The van der Waals surface area contributed by atoms with Crippen LogP contribution in [0, 0.1) is 0 Å². The minimum Gasteiger partial charge on any atom is -0.322 e. The summed E-state index contributed by atoms with van der Waals surface area (Å²) < 4.78 is 40.5. The second-order valence-electron chi connectivity index (χ2n) is 5.41. The van der Waals surface area contributed by atoms with E-state index in [4.69, 9.17) is 11.6 Å². The van der Waals surface area contributed by atoms with Gasteiger partial charge in [0, 0.05) is 21.8 Å². The molecule has 3 rings (SSSR count). The van der Waals surface area contributed by atoms with Gasteiger partial charge < -0.3 is 5.32 Å². The first-order valence-corrected chi connectivity index (χ1v) is 8.90. The van der Waals surface area contributed by atoms with E-state index in [1.165, 1.54) is 24.3 Å². The molecule has 0 spiro atoms. The summed E-state index contributed by atoms with van der Waals surface area (Å²) in [5.41, 5.74) is -1.23. The Morgan fingerprint density at radius 2 is 1.67 bits per heavy atom. The van der Waals surface area contributed by atoms with Gasteiger partial charge in [-0.1, -0.05) is 41.6 Å². The third-order valence-electron chi connectivity index (χ3n) is 3.51. The third-order valence-corrected chi connectivity index (χ3v) is 4.77. The lowest BCUT2D eigenvalue weighted by atomic mass is 10.1. The SMILES string of the molecule is O=C(Nc1ccc(Cl)cc1)c1c(C(F)(F)F)ccnc1Sc1ccccc1. The molecule has 3 aromatic rings. The van der Waals surface area contributed by atoms with Crippen LogP contribution in [0.25, 0.3) is 0 Å². The quantitative estimate of drug-likeness (QED) is 0.562. The number of benzene rings is 2. The van der Waals surface area contributed by atoms with Gasteiger partial charge in [-0.05, 0) is 42.5 Å². The van der Waals surface area contributed by atoms with Crippen LogP contribution in [0.3, 0.4) is 0 Å². The van der Waals surface area contributed by atoms with Crippen molar-refractivity contribution in [2.45, 2.75) is 16.1 Å². The maximum absolute atomic E-state index is 13.5. The Hall–Kier alpha value is -2.51. The maximum atomic E-state index is 13.5. The van der Waals surface area contributed by atoms with Crippen molar-refractivity contribution in [3.05, 3.63) is 83.0 Å². The lowest BCUT2D eigenvalue weighted by Gasteiger charge is -2.15. The maximum Gasteiger partial charge on any atom is 0.417 e. The summed E-state index contributed by atoms with van der Waals surface area (Å²) in [7, 11) is 0. The van der Waals surface area contributed by atoms with Crippen LogP contribution >= 0.6 is 23.4 Å². The summed E-state index contributed by atoms with van der Waals surface area (Å²) in [5, 5.41) is 2.90. The minimum absolute atomic E-state index is 0.0255. The van der Waals surface area contributed by atoms with Gasteiger partial charge in [-0.2, -0.15) is 13.2 Å². The molecule has 1 amide bonds. The molecular weight excluding hydrogens is 397 g/mol. The normalized spacial score (nSPS) is 11.3. The highest BCUT2D eigenvalue weighted by atomic mass is 35.5. The van der Waals surface area contributed by atoms with Gasteiger partial charge in [0.15, 0.2) is 0 Å². The number of carbonyl (C=O) groups is 1.